The summed E-state index contributed by atoms with van der Waals surface area (Å²) in [5.74, 6) is -0.446. The van der Waals surface area contributed by atoms with Crippen LogP contribution < -0.4 is 9.64 Å². The van der Waals surface area contributed by atoms with Crippen LogP contribution in [0.5, 0.6) is 5.88 Å². The Kier molecular flexibility index (Phi) is 6.39. The summed E-state index contributed by atoms with van der Waals surface area (Å²) in [5.41, 5.74) is -0.106. The van der Waals surface area contributed by atoms with E-state index in [1.165, 1.54) is 0 Å². The fourth-order valence-corrected chi connectivity index (χ4v) is 2.33. The average molecular weight is 364 g/mol. The highest BCUT2D eigenvalue weighted by atomic mass is 19.4. The van der Waals surface area contributed by atoms with Crippen molar-refractivity contribution in [1.29, 1.82) is 5.26 Å². The summed E-state index contributed by atoms with van der Waals surface area (Å²) < 4.78 is 44.9. The van der Waals surface area contributed by atoms with Crippen LogP contribution >= 0.6 is 0 Å². The molecule has 0 bridgehead atoms. The molecule has 0 spiro atoms. The Morgan fingerprint density at radius 1 is 1.23 bits per heavy atom. The van der Waals surface area contributed by atoms with Crippen molar-refractivity contribution < 1.29 is 17.9 Å². The summed E-state index contributed by atoms with van der Waals surface area (Å²) in [5, 5.41) is 9.27. The van der Waals surface area contributed by atoms with Crippen LogP contribution in [-0.2, 0) is 6.18 Å². The lowest BCUT2D eigenvalue weighted by Crippen LogP contribution is -2.21. The van der Waals surface area contributed by atoms with Gasteiger partial charge in [0.2, 0.25) is 11.8 Å². The number of alkyl halides is 3. The van der Waals surface area contributed by atoms with E-state index in [0.717, 1.165) is 12.6 Å². The van der Waals surface area contributed by atoms with Crippen LogP contribution in [0.1, 0.15) is 37.8 Å². The normalized spacial score (nSPS) is 11.1. The van der Waals surface area contributed by atoms with E-state index in [1.54, 1.807) is 36.1 Å². The molecule has 0 radical (unpaired) electrons. The average Bonchev–Trinajstić information content (AvgIpc) is 2.62. The van der Waals surface area contributed by atoms with Gasteiger partial charge in [-0.05, 0) is 25.5 Å². The van der Waals surface area contributed by atoms with Crippen LogP contribution in [0.15, 0.2) is 30.5 Å². The van der Waals surface area contributed by atoms with E-state index in [-0.39, 0.29) is 12.6 Å². The molecule has 0 saturated heterocycles. The second-order valence-electron chi connectivity index (χ2n) is 5.46. The van der Waals surface area contributed by atoms with E-state index in [0.29, 0.717) is 24.2 Å². The molecule has 0 amide bonds. The van der Waals surface area contributed by atoms with E-state index in [4.69, 9.17) is 4.74 Å². The monoisotopic (exact) mass is 364 g/mol. The van der Waals surface area contributed by atoms with Gasteiger partial charge in [0.05, 0.1) is 17.9 Å². The predicted octanol–water partition coefficient (Wildman–Crippen LogP) is 4.70. The third-order valence-corrected chi connectivity index (χ3v) is 3.66. The zero-order valence-electron chi connectivity index (χ0n) is 14.5. The fourth-order valence-electron chi connectivity index (χ4n) is 2.33. The Bertz CT molecular complexity index is 787. The van der Waals surface area contributed by atoms with Gasteiger partial charge in [0.25, 0.3) is 0 Å². The molecular weight excluding hydrogens is 345 g/mol. The summed E-state index contributed by atoms with van der Waals surface area (Å²) in [4.78, 5) is 9.43. The zero-order valence-corrected chi connectivity index (χ0v) is 14.5. The number of nitrogens with zero attached hydrogens (tertiary/aromatic N) is 4. The number of para-hydroxylation sites is 1. The van der Waals surface area contributed by atoms with Crippen molar-refractivity contribution in [1.82, 2.24) is 9.97 Å². The molecule has 1 aromatic carbocycles. The van der Waals surface area contributed by atoms with Crippen molar-refractivity contribution in [2.24, 2.45) is 0 Å². The maximum atomic E-state index is 13.2. The lowest BCUT2D eigenvalue weighted by molar-refractivity contribution is -0.139. The molecule has 1 heterocycles. The Balaban J connectivity index is 2.47. The van der Waals surface area contributed by atoms with Gasteiger partial charge in [0, 0.05) is 12.7 Å². The standard InChI is InChI=1S/C18H19F3N4O/c1-3-5-10-26-16-14(18(19,20)21)12-23-17(24-16)25(4-2)15-9-7-6-8-13(15)11-22/h6-9,12H,3-5,10H2,1-2H3. The first-order valence-corrected chi connectivity index (χ1v) is 8.26. The van der Waals surface area contributed by atoms with Gasteiger partial charge >= 0.3 is 6.18 Å². The zero-order chi connectivity index (χ0) is 19.2. The quantitative estimate of drug-likeness (QED) is 0.666. The second-order valence-corrected chi connectivity index (χ2v) is 5.46. The first-order valence-electron chi connectivity index (χ1n) is 8.26. The number of benzene rings is 1. The predicted molar refractivity (Wildman–Crippen MR) is 91.3 cm³/mol. The van der Waals surface area contributed by atoms with Crippen LogP contribution in [-0.4, -0.2) is 23.1 Å². The minimum atomic E-state index is -4.61. The Labute approximate surface area is 150 Å². The smallest absolute Gasteiger partial charge is 0.423 e. The summed E-state index contributed by atoms with van der Waals surface area (Å²) in [6.07, 6.45) is -2.48. The van der Waals surface area contributed by atoms with E-state index in [9.17, 15) is 18.4 Å². The molecule has 2 aromatic rings. The molecule has 0 fully saturated rings. The number of hydrogen-bond acceptors (Lipinski definition) is 5. The van der Waals surface area contributed by atoms with Crippen LogP contribution in [0, 0.1) is 11.3 Å². The number of ether oxygens (including phenoxy) is 1. The topological polar surface area (TPSA) is 62.0 Å². The van der Waals surface area contributed by atoms with Gasteiger partial charge in [-0.25, -0.2) is 4.98 Å². The maximum absolute atomic E-state index is 13.2. The molecule has 0 atom stereocenters. The van der Waals surface area contributed by atoms with Crippen molar-refractivity contribution >= 4 is 11.6 Å². The molecule has 138 valence electrons. The molecule has 0 aliphatic carbocycles. The minimum absolute atomic E-state index is 0.0506. The van der Waals surface area contributed by atoms with Crippen molar-refractivity contribution in [2.45, 2.75) is 32.9 Å². The molecular formula is C18H19F3N4O. The van der Waals surface area contributed by atoms with Crippen molar-refractivity contribution in [3.05, 3.63) is 41.6 Å². The van der Waals surface area contributed by atoms with Crippen molar-refractivity contribution in [3.8, 4) is 11.9 Å². The molecule has 8 heteroatoms. The molecule has 0 aliphatic rings. The first-order chi connectivity index (χ1) is 12.4. The number of rotatable bonds is 7. The van der Waals surface area contributed by atoms with Crippen molar-refractivity contribution in [3.63, 3.8) is 0 Å². The second kappa shape index (κ2) is 8.52. The van der Waals surface area contributed by atoms with Crippen LogP contribution in [0.3, 0.4) is 0 Å². The summed E-state index contributed by atoms with van der Waals surface area (Å²) >= 11 is 0. The number of aromatic nitrogens is 2. The fraction of sp³-hybridized carbons (Fsp3) is 0.389. The number of hydrogen-bond donors (Lipinski definition) is 0. The summed E-state index contributed by atoms with van der Waals surface area (Å²) in [6.45, 7) is 4.22. The number of nitriles is 1. The lowest BCUT2D eigenvalue weighted by Gasteiger charge is -2.23. The van der Waals surface area contributed by atoms with E-state index < -0.39 is 17.6 Å². The van der Waals surface area contributed by atoms with Crippen LogP contribution in [0.4, 0.5) is 24.8 Å². The third-order valence-electron chi connectivity index (χ3n) is 3.66. The van der Waals surface area contributed by atoms with E-state index in [1.807, 2.05) is 6.92 Å². The number of unbranched alkanes of at least 4 members (excludes halogenated alkanes) is 1. The maximum Gasteiger partial charge on any atom is 0.423 e. The van der Waals surface area contributed by atoms with Crippen LogP contribution in [0.2, 0.25) is 0 Å². The van der Waals surface area contributed by atoms with Gasteiger partial charge in [-0.1, -0.05) is 25.5 Å². The lowest BCUT2D eigenvalue weighted by atomic mass is 10.2. The highest BCUT2D eigenvalue weighted by Crippen LogP contribution is 2.36. The highest BCUT2D eigenvalue weighted by molar-refractivity contribution is 5.65. The number of halogens is 3. The molecule has 1 aromatic heterocycles. The largest absolute Gasteiger partial charge is 0.477 e. The molecule has 2 rings (SSSR count). The van der Waals surface area contributed by atoms with Crippen molar-refractivity contribution in [2.75, 3.05) is 18.1 Å². The van der Waals surface area contributed by atoms with E-state index >= 15 is 0 Å². The molecule has 5 nitrogen and oxygen atoms in total. The van der Waals surface area contributed by atoms with Gasteiger partial charge < -0.3 is 9.64 Å². The Morgan fingerprint density at radius 3 is 2.58 bits per heavy atom. The van der Waals surface area contributed by atoms with Gasteiger partial charge in [0.15, 0.2) is 0 Å². The molecule has 0 aliphatic heterocycles. The number of anilines is 2. The molecule has 0 N–H and O–H groups in total. The van der Waals surface area contributed by atoms with Gasteiger partial charge in [-0.15, -0.1) is 0 Å². The third kappa shape index (κ3) is 4.42. The van der Waals surface area contributed by atoms with Gasteiger partial charge in [-0.2, -0.15) is 23.4 Å². The highest BCUT2D eigenvalue weighted by Gasteiger charge is 2.36. The minimum Gasteiger partial charge on any atom is -0.477 e. The Morgan fingerprint density at radius 2 is 1.96 bits per heavy atom. The summed E-state index contributed by atoms with van der Waals surface area (Å²) in [7, 11) is 0. The summed E-state index contributed by atoms with van der Waals surface area (Å²) in [6, 6.07) is 8.83. The van der Waals surface area contributed by atoms with Crippen LogP contribution in [0.25, 0.3) is 0 Å². The molecule has 0 saturated carbocycles. The molecule has 26 heavy (non-hydrogen) atoms. The first kappa shape index (κ1) is 19.5. The molecule has 0 unspecified atom stereocenters. The van der Waals surface area contributed by atoms with E-state index in [2.05, 4.69) is 16.0 Å². The van der Waals surface area contributed by atoms with Gasteiger partial charge in [-0.3, -0.25) is 0 Å². The SMILES string of the molecule is CCCCOc1nc(N(CC)c2ccccc2C#N)ncc1C(F)(F)F. The van der Waals surface area contributed by atoms with Gasteiger partial charge in [0.1, 0.15) is 11.6 Å². The Hall–Kier alpha value is -2.82.